The normalized spacial score (nSPS) is 20.6. The third kappa shape index (κ3) is 2.09. The van der Waals surface area contributed by atoms with Gasteiger partial charge in [0.1, 0.15) is 5.82 Å². The molecule has 0 radical (unpaired) electrons. The first kappa shape index (κ1) is 10.4. The number of hydrogen-bond donors (Lipinski definition) is 1. The average molecular weight is 224 g/mol. The van der Waals surface area contributed by atoms with Gasteiger partial charge in [0, 0.05) is 6.54 Å². The molecule has 0 aliphatic carbocycles. The lowest BCUT2D eigenvalue weighted by molar-refractivity contribution is 0.402. The molecule has 15 heavy (non-hydrogen) atoms. The number of rotatable bonds is 1. The van der Waals surface area contributed by atoms with Crippen molar-refractivity contribution < 1.29 is 4.39 Å². The number of hydrogen-bond acceptors (Lipinski definition) is 1. The monoisotopic (exact) mass is 224 g/mol. The highest BCUT2D eigenvalue weighted by Gasteiger charge is 2.26. The highest BCUT2D eigenvalue weighted by Crippen LogP contribution is 2.31. The van der Waals surface area contributed by atoms with Gasteiger partial charge in [0.2, 0.25) is 0 Å². The summed E-state index contributed by atoms with van der Waals surface area (Å²) in [5, 5.41) is 0.404. The minimum atomic E-state index is -0.206. The summed E-state index contributed by atoms with van der Waals surface area (Å²) in [7, 11) is 0. The first-order chi connectivity index (χ1) is 7.18. The summed E-state index contributed by atoms with van der Waals surface area (Å²) in [6.07, 6.45) is 2.04. The minimum Gasteiger partial charge on any atom is -0.376 e. The molecule has 1 fully saturated rings. The fraction of sp³-hybridized carbons (Fsp3) is 0.364. The Morgan fingerprint density at radius 2 is 2.33 bits per heavy atom. The molecule has 0 bridgehead atoms. The van der Waals surface area contributed by atoms with E-state index in [9.17, 15) is 4.39 Å². The van der Waals surface area contributed by atoms with E-state index in [1.165, 1.54) is 6.07 Å². The number of halogens is 1. The van der Waals surface area contributed by atoms with Gasteiger partial charge in [-0.3, -0.25) is 0 Å². The molecule has 1 unspecified atom stereocenters. The van der Waals surface area contributed by atoms with Gasteiger partial charge >= 0.3 is 0 Å². The maximum absolute atomic E-state index is 13.1. The Hall–Kier alpha value is -1.16. The molecule has 0 aromatic heterocycles. The lowest BCUT2D eigenvalue weighted by Gasteiger charge is -2.25. The van der Waals surface area contributed by atoms with Crippen LogP contribution in [0.5, 0.6) is 0 Å². The Morgan fingerprint density at radius 3 is 3.00 bits per heavy atom. The van der Waals surface area contributed by atoms with Crippen molar-refractivity contribution in [3.63, 3.8) is 0 Å². The molecule has 2 nitrogen and oxygen atoms in total. The Kier molecular flexibility index (Phi) is 2.86. The van der Waals surface area contributed by atoms with E-state index in [1.807, 2.05) is 11.0 Å². The summed E-state index contributed by atoms with van der Waals surface area (Å²) in [6, 6.07) is 6.80. The van der Waals surface area contributed by atoms with E-state index >= 15 is 0 Å². The highest BCUT2D eigenvalue weighted by molar-refractivity contribution is 7.80. The van der Waals surface area contributed by atoms with E-state index in [0.717, 1.165) is 24.9 Å². The van der Waals surface area contributed by atoms with Crippen molar-refractivity contribution in [2.45, 2.75) is 18.9 Å². The number of benzene rings is 1. The predicted octanol–water partition coefficient (Wildman–Crippen LogP) is 2.21. The van der Waals surface area contributed by atoms with E-state index in [-0.39, 0.29) is 11.9 Å². The molecule has 80 valence electrons. The Labute approximate surface area is 93.9 Å². The van der Waals surface area contributed by atoms with Gasteiger partial charge in [-0.15, -0.1) is 0 Å². The van der Waals surface area contributed by atoms with Crippen molar-refractivity contribution in [1.82, 2.24) is 4.90 Å². The number of thiocarbonyl (C=S) groups is 1. The summed E-state index contributed by atoms with van der Waals surface area (Å²) < 4.78 is 13.1. The zero-order chi connectivity index (χ0) is 10.8. The van der Waals surface area contributed by atoms with E-state index in [1.54, 1.807) is 12.1 Å². The molecular formula is C11H13FN2S. The number of nitrogens with two attached hydrogens (primary N) is 1. The van der Waals surface area contributed by atoms with Crippen LogP contribution in [0.4, 0.5) is 4.39 Å². The van der Waals surface area contributed by atoms with Gasteiger partial charge in [0.05, 0.1) is 6.04 Å². The molecule has 0 saturated carbocycles. The van der Waals surface area contributed by atoms with Gasteiger partial charge in [0.25, 0.3) is 0 Å². The second kappa shape index (κ2) is 4.14. The molecule has 0 amide bonds. The van der Waals surface area contributed by atoms with Crippen LogP contribution in [0.15, 0.2) is 24.3 Å². The zero-order valence-electron chi connectivity index (χ0n) is 8.32. The molecule has 2 rings (SSSR count). The van der Waals surface area contributed by atoms with Crippen LogP contribution in [0.25, 0.3) is 0 Å². The maximum Gasteiger partial charge on any atom is 0.166 e. The van der Waals surface area contributed by atoms with Crippen molar-refractivity contribution in [3.8, 4) is 0 Å². The Balaban J connectivity index is 2.26. The van der Waals surface area contributed by atoms with Crippen molar-refractivity contribution in [2.24, 2.45) is 5.73 Å². The zero-order valence-corrected chi connectivity index (χ0v) is 9.14. The molecule has 0 spiro atoms. The third-order valence-corrected chi connectivity index (χ3v) is 3.00. The van der Waals surface area contributed by atoms with Crippen LogP contribution >= 0.6 is 12.2 Å². The quantitative estimate of drug-likeness (QED) is 0.742. The van der Waals surface area contributed by atoms with Crippen molar-refractivity contribution in [1.29, 1.82) is 0 Å². The highest BCUT2D eigenvalue weighted by atomic mass is 32.1. The summed E-state index contributed by atoms with van der Waals surface area (Å²) >= 11 is 4.98. The summed E-state index contributed by atoms with van der Waals surface area (Å²) in [5.74, 6) is -0.206. The molecule has 2 N–H and O–H groups in total. The van der Waals surface area contributed by atoms with Crippen LogP contribution < -0.4 is 5.73 Å². The van der Waals surface area contributed by atoms with Crippen molar-refractivity contribution in [3.05, 3.63) is 35.6 Å². The van der Waals surface area contributed by atoms with E-state index in [4.69, 9.17) is 18.0 Å². The molecule has 1 saturated heterocycles. The van der Waals surface area contributed by atoms with E-state index in [2.05, 4.69) is 0 Å². The van der Waals surface area contributed by atoms with E-state index < -0.39 is 0 Å². The average Bonchev–Trinajstić information content (AvgIpc) is 2.65. The van der Waals surface area contributed by atoms with Crippen LogP contribution in [0.1, 0.15) is 24.4 Å². The van der Waals surface area contributed by atoms with Gasteiger partial charge in [-0.25, -0.2) is 4.39 Å². The summed E-state index contributed by atoms with van der Waals surface area (Å²) in [5.41, 5.74) is 6.59. The molecule has 1 heterocycles. The predicted molar refractivity (Wildman–Crippen MR) is 61.9 cm³/mol. The largest absolute Gasteiger partial charge is 0.376 e. The number of nitrogens with zero attached hydrogens (tertiary/aromatic N) is 1. The smallest absolute Gasteiger partial charge is 0.166 e. The van der Waals surface area contributed by atoms with Crippen molar-refractivity contribution >= 4 is 17.3 Å². The SMILES string of the molecule is NC(=S)N1CCCC1c1cccc(F)c1. The summed E-state index contributed by atoms with van der Waals surface area (Å²) in [4.78, 5) is 1.96. The first-order valence-corrected chi connectivity index (χ1v) is 5.41. The molecule has 1 aromatic rings. The van der Waals surface area contributed by atoms with Crippen molar-refractivity contribution in [2.75, 3.05) is 6.54 Å². The Morgan fingerprint density at radius 1 is 1.53 bits per heavy atom. The van der Waals surface area contributed by atoms with Gasteiger partial charge in [-0.05, 0) is 42.8 Å². The second-order valence-electron chi connectivity index (χ2n) is 3.74. The Bertz CT molecular complexity index is 381. The van der Waals surface area contributed by atoms with Gasteiger partial charge < -0.3 is 10.6 Å². The van der Waals surface area contributed by atoms with Crippen LogP contribution in [-0.2, 0) is 0 Å². The van der Waals surface area contributed by atoms with Crippen LogP contribution in [0.3, 0.4) is 0 Å². The second-order valence-corrected chi connectivity index (χ2v) is 4.16. The third-order valence-electron chi connectivity index (χ3n) is 2.77. The summed E-state index contributed by atoms with van der Waals surface area (Å²) in [6.45, 7) is 0.872. The van der Waals surface area contributed by atoms with Crippen LogP contribution in [0, 0.1) is 5.82 Å². The molecule has 1 aromatic carbocycles. The maximum atomic E-state index is 13.1. The lowest BCUT2D eigenvalue weighted by Crippen LogP contribution is -2.34. The standard InChI is InChI=1S/C11H13FN2S/c12-9-4-1-3-8(7-9)10-5-2-6-14(10)11(13)15/h1,3-4,7,10H,2,5-6H2,(H2,13,15). The number of likely N-dealkylation sites (tertiary alicyclic amines) is 1. The molecular weight excluding hydrogens is 211 g/mol. The van der Waals surface area contributed by atoms with Gasteiger partial charge in [-0.2, -0.15) is 0 Å². The van der Waals surface area contributed by atoms with Gasteiger partial charge in [0.15, 0.2) is 5.11 Å². The topological polar surface area (TPSA) is 29.3 Å². The minimum absolute atomic E-state index is 0.151. The fourth-order valence-electron chi connectivity index (χ4n) is 2.09. The molecule has 4 heteroatoms. The first-order valence-electron chi connectivity index (χ1n) is 5.00. The van der Waals surface area contributed by atoms with Gasteiger partial charge in [-0.1, -0.05) is 12.1 Å². The van der Waals surface area contributed by atoms with Crippen LogP contribution in [-0.4, -0.2) is 16.6 Å². The fourth-order valence-corrected chi connectivity index (χ4v) is 2.31. The molecule has 1 atom stereocenters. The van der Waals surface area contributed by atoms with Crippen LogP contribution in [0.2, 0.25) is 0 Å². The lowest BCUT2D eigenvalue weighted by atomic mass is 10.0. The molecule has 1 aliphatic heterocycles. The van der Waals surface area contributed by atoms with E-state index in [0.29, 0.717) is 5.11 Å². The molecule has 1 aliphatic rings.